The first-order valence-electron chi connectivity index (χ1n) is 15.3. The average Bonchev–Trinajstić information content (AvgIpc) is 3.78. The van der Waals surface area contributed by atoms with Crippen LogP contribution in [-0.4, -0.2) is 72.0 Å². The molecule has 0 radical (unpaired) electrons. The van der Waals surface area contributed by atoms with Gasteiger partial charge in [0.15, 0.2) is 0 Å². The number of nitrogens with zero attached hydrogens (tertiary/aromatic N) is 2. The number of benzene rings is 3. The summed E-state index contributed by atoms with van der Waals surface area (Å²) in [4.78, 5) is 55.6. The molecule has 9 nitrogen and oxygen atoms in total. The summed E-state index contributed by atoms with van der Waals surface area (Å²) in [5, 5.41) is 2.63. The molecule has 228 valence electrons. The van der Waals surface area contributed by atoms with Crippen molar-refractivity contribution < 1.29 is 28.7 Å². The van der Waals surface area contributed by atoms with Gasteiger partial charge in [-0.1, -0.05) is 85.8 Å². The number of carbonyl (C=O) groups excluding carboxylic acids is 4. The third kappa shape index (κ3) is 6.04. The van der Waals surface area contributed by atoms with Gasteiger partial charge in [0.1, 0.15) is 31.8 Å². The summed E-state index contributed by atoms with van der Waals surface area (Å²) in [7, 11) is 0. The first-order chi connectivity index (χ1) is 21.4. The molecule has 9 heteroatoms. The molecule has 3 aromatic rings. The van der Waals surface area contributed by atoms with E-state index in [9.17, 15) is 19.2 Å². The van der Waals surface area contributed by atoms with Gasteiger partial charge in [-0.05, 0) is 53.0 Å². The van der Waals surface area contributed by atoms with Crippen LogP contribution >= 0.6 is 0 Å². The summed E-state index contributed by atoms with van der Waals surface area (Å²) in [6.45, 7) is 2.84. The van der Waals surface area contributed by atoms with Gasteiger partial charge in [-0.3, -0.25) is 19.3 Å². The zero-order valence-electron chi connectivity index (χ0n) is 24.8. The van der Waals surface area contributed by atoms with Crippen molar-refractivity contribution in [3.05, 3.63) is 95.6 Å². The number of esters is 1. The molecule has 0 spiro atoms. The highest BCUT2D eigenvalue weighted by Crippen LogP contribution is 2.44. The minimum absolute atomic E-state index is 0.0773. The molecule has 0 aromatic heterocycles. The summed E-state index contributed by atoms with van der Waals surface area (Å²) >= 11 is 0. The van der Waals surface area contributed by atoms with Gasteiger partial charge in [0.2, 0.25) is 11.8 Å². The van der Waals surface area contributed by atoms with Crippen LogP contribution in [0.15, 0.2) is 78.9 Å². The van der Waals surface area contributed by atoms with E-state index in [-0.39, 0.29) is 37.5 Å². The second-order valence-electron chi connectivity index (χ2n) is 11.9. The number of hydrogen-bond acceptors (Lipinski definition) is 6. The van der Waals surface area contributed by atoms with Gasteiger partial charge in [0, 0.05) is 19.0 Å². The van der Waals surface area contributed by atoms with Crippen LogP contribution in [0.25, 0.3) is 11.1 Å². The van der Waals surface area contributed by atoms with Gasteiger partial charge in [0.05, 0.1) is 0 Å². The quantitative estimate of drug-likeness (QED) is 0.385. The standard InChI is InChI=1S/C35H37N3O6/c1-23-18-31(34(41)37-17-9-16-30(37)33(40)36-19-32(39)43-21-24-10-3-2-4-11-24)38(20-23)35(42)44-22-29-27-14-7-5-12-25(27)26-13-6-8-15-28(26)29/h2-8,10-15,23,29-31H,9,16-22H2,1H3,(H,36,40)/t23-,30+,31+/m1/s1. The minimum atomic E-state index is -0.704. The molecule has 3 amide bonds. The van der Waals surface area contributed by atoms with Crippen molar-refractivity contribution in [2.24, 2.45) is 5.92 Å². The molecule has 3 aromatic carbocycles. The molecule has 2 heterocycles. The van der Waals surface area contributed by atoms with E-state index in [0.29, 0.717) is 32.4 Å². The van der Waals surface area contributed by atoms with Gasteiger partial charge < -0.3 is 19.7 Å². The highest BCUT2D eigenvalue weighted by molar-refractivity contribution is 5.93. The van der Waals surface area contributed by atoms with E-state index in [1.54, 1.807) is 4.90 Å². The number of ether oxygens (including phenoxy) is 2. The Morgan fingerprint density at radius 3 is 2.18 bits per heavy atom. The van der Waals surface area contributed by atoms with E-state index < -0.39 is 30.1 Å². The van der Waals surface area contributed by atoms with Crippen LogP contribution in [0.3, 0.4) is 0 Å². The Morgan fingerprint density at radius 2 is 1.48 bits per heavy atom. The Kier molecular flexibility index (Phi) is 8.63. The SMILES string of the molecule is C[C@@H]1C[C@@H](C(=O)N2CCC[C@H]2C(=O)NCC(=O)OCc2ccccc2)N(C(=O)OCC2c3ccccc3-c3ccccc32)C1. The van der Waals surface area contributed by atoms with Gasteiger partial charge in [-0.2, -0.15) is 0 Å². The molecule has 0 bridgehead atoms. The van der Waals surface area contributed by atoms with Crippen LogP contribution in [0.5, 0.6) is 0 Å². The molecule has 1 aliphatic carbocycles. The molecule has 0 unspecified atom stereocenters. The number of rotatable bonds is 8. The van der Waals surface area contributed by atoms with Gasteiger partial charge >= 0.3 is 12.1 Å². The van der Waals surface area contributed by atoms with Crippen LogP contribution in [-0.2, 0) is 30.5 Å². The summed E-state index contributed by atoms with van der Waals surface area (Å²) in [6, 6.07) is 24.2. The van der Waals surface area contributed by atoms with Crippen LogP contribution in [0.4, 0.5) is 4.79 Å². The fourth-order valence-electron chi connectivity index (χ4n) is 6.72. The van der Waals surface area contributed by atoms with E-state index in [0.717, 1.165) is 27.8 Å². The normalized spacial score (nSPS) is 20.6. The molecule has 6 rings (SSSR count). The van der Waals surface area contributed by atoms with Crippen molar-refractivity contribution >= 4 is 23.9 Å². The lowest BCUT2D eigenvalue weighted by Gasteiger charge is -2.30. The summed E-state index contributed by atoms with van der Waals surface area (Å²) in [5.74, 6) is -1.17. The Balaban J connectivity index is 1.06. The Hall–Kier alpha value is -4.66. The minimum Gasteiger partial charge on any atom is -0.460 e. The number of fused-ring (bicyclic) bond motifs is 3. The first-order valence-corrected chi connectivity index (χ1v) is 15.3. The molecule has 1 N–H and O–H groups in total. The lowest BCUT2D eigenvalue weighted by Crippen LogP contribution is -2.53. The van der Waals surface area contributed by atoms with Crippen molar-refractivity contribution in [1.82, 2.24) is 15.1 Å². The molecule has 0 saturated carbocycles. The molecule has 3 aliphatic rings. The summed E-state index contributed by atoms with van der Waals surface area (Å²) < 4.78 is 11.2. The van der Waals surface area contributed by atoms with E-state index in [1.165, 1.54) is 4.90 Å². The molecular weight excluding hydrogens is 558 g/mol. The Morgan fingerprint density at radius 1 is 0.818 bits per heavy atom. The summed E-state index contributed by atoms with van der Waals surface area (Å²) in [6.07, 6.45) is 1.13. The fourth-order valence-corrected chi connectivity index (χ4v) is 6.72. The smallest absolute Gasteiger partial charge is 0.410 e. The lowest BCUT2D eigenvalue weighted by molar-refractivity contribution is -0.146. The number of carbonyl (C=O) groups is 4. The zero-order chi connectivity index (χ0) is 30.6. The van der Waals surface area contributed by atoms with Crippen molar-refractivity contribution in [3.63, 3.8) is 0 Å². The number of nitrogens with one attached hydrogen (secondary N) is 1. The maximum absolute atomic E-state index is 13.8. The highest BCUT2D eigenvalue weighted by Gasteiger charge is 2.45. The lowest BCUT2D eigenvalue weighted by atomic mass is 9.98. The van der Waals surface area contributed by atoms with E-state index in [4.69, 9.17) is 9.47 Å². The maximum Gasteiger partial charge on any atom is 0.410 e. The monoisotopic (exact) mass is 595 g/mol. The van der Waals surface area contributed by atoms with Crippen LogP contribution in [0.1, 0.15) is 48.8 Å². The maximum atomic E-state index is 13.8. The second-order valence-corrected chi connectivity index (χ2v) is 11.9. The molecule has 2 saturated heterocycles. The average molecular weight is 596 g/mol. The number of amides is 3. The fraction of sp³-hybridized carbons (Fsp3) is 0.371. The predicted molar refractivity (Wildman–Crippen MR) is 163 cm³/mol. The van der Waals surface area contributed by atoms with Crippen molar-refractivity contribution in [2.45, 2.75) is 50.8 Å². The third-order valence-corrected chi connectivity index (χ3v) is 8.85. The van der Waals surface area contributed by atoms with Gasteiger partial charge in [-0.25, -0.2) is 4.79 Å². The Labute approximate surface area is 257 Å². The first kappa shape index (κ1) is 29.4. The molecular formula is C35H37N3O6. The number of hydrogen-bond donors (Lipinski definition) is 1. The molecule has 2 aliphatic heterocycles. The van der Waals surface area contributed by atoms with Crippen molar-refractivity contribution in [1.29, 1.82) is 0 Å². The summed E-state index contributed by atoms with van der Waals surface area (Å²) in [5.41, 5.74) is 5.40. The van der Waals surface area contributed by atoms with Crippen molar-refractivity contribution in [2.75, 3.05) is 26.2 Å². The predicted octanol–water partition coefficient (Wildman–Crippen LogP) is 4.50. The molecule has 3 atom stereocenters. The van der Waals surface area contributed by atoms with E-state index in [2.05, 4.69) is 29.6 Å². The Bertz CT molecular complexity index is 1500. The molecule has 44 heavy (non-hydrogen) atoms. The van der Waals surface area contributed by atoms with Gasteiger partial charge in [-0.15, -0.1) is 0 Å². The van der Waals surface area contributed by atoms with Crippen LogP contribution in [0.2, 0.25) is 0 Å². The van der Waals surface area contributed by atoms with Crippen molar-refractivity contribution in [3.8, 4) is 11.1 Å². The number of likely N-dealkylation sites (tertiary alicyclic amines) is 2. The molecule has 2 fully saturated rings. The second kappa shape index (κ2) is 12.9. The zero-order valence-corrected chi connectivity index (χ0v) is 24.8. The third-order valence-electron chi connectivity index (χ3n) is 8.85. The van der Waals surface area contributed by atoms with Crippen LogP contribution in [0, 0.1) is 5.92 Å². The van der Waals surface area contributed by atoms with E-state index >= 15 is 0 Å². The topological polar surface area (TPSA) is 105 Å². The highest BCUT2D eigenvalue weighted by atomic mass is 16.6. The largest absolute Gasteiger partial charge is 0.460 e. The van der Waals surface area contributed by atoms with Gasteiger partial charge in [0.25, 0.3) is 0 Å². The van der Waals surface area contributed by atoms with Crippen LogP contribution < -0.4 is 5.32 Å². The van der Waals surface area contributed by atoms with E-state index in [1.807, 2.05) is 61.5 Å².